The maximum Gasteiger partial charge on any atom is 0.269 e. The average Bonchev–Trinajstić information content (AvgIpc) is 2.71. The number of benzene rings is 2. The topological polar surface area (TPSA) is 75.8 Å². The summed E-state index contributed by atoms with van der Waals surface area (Å²) < 4.78 is 5.27. The van der Waals surface area contributed by atoms with E-state index in [1.807, 2.05) is 18.2 Å². The van der Waals surface area contributed by atoms with Crippen LogP contribution in [0.15, 0.2) is 36.4 Å². The largest absolute Gasteiger partial charge is 0.504 e. The molecular formula is C19H22N2O4. The first kappa shape index (κ1) is 17.2. The zero-order valence-corrected chi connectivity index (χ0v) is 14.6. The molecule has 0 bridgehead atoms. The SMILES string of the molecule is COc1cc2c(cc1O)CCN(C)[C@H](c1ccc([N+](=O)[O-])cc1)[C@@H]2C. The Morgan fingerprint density at radius 1 is 1.28 bits per heavy atom. The van der Waals surface area contributed by atoms with Crippen molar-refractivity contribution < 1.29 is 14.8 Å². The van der Waals surface area contributed by atoms with E-state index in [0.29, 0.717) is 5.75 Å². The third kappa shape index (κ3) is 3.17. The molecule has 0 fully saturated rings. The predicted molar refractivity (Wildman–Crippen MR) is 95.2 cm³/mol. The van der Waals surface area contributed by atoms with E-state index in [4.69, 9.17) is 4.74 Å². The first-order valence-electron chi connectivity index (χ1n) is 8.26. The van der Waals surface area contributed by atoms with E-state index >= 15 is 0 Å². The number of ether oxygens (including phenoxy) is 1. The lowest BCUT2D eigenvalue weighted by Crippen LogP contribution is -2.28. The van der Waals surface area contributed by atoms with Crippen LogP contribution in [0.5, 0.6) is 11.5 Å². The van der Waals surface area contributed by atoms with Gasteiger partial charge >= 0.3 is 0 Å². The number of hydrogen-bond acceptors (Lipinski definition) is 5. The molecule has 25 heavy (non-hydrogen) atoms. The molecule has 0 spiro atoms. The number of phenolic OH excluding ortho intramolecular Hbond substituents is 1. The number of nitrogens with zero attached hydrogens (tertiary/aromatic N) is 2. The fraction of sp³-hybridized carbons (Fsp3) is 0.368. The number of phenols is 1. The van der Waals surface area contributed by atoms with Crippen molar-refractivity contribution in [1.82, 2.24) is 4.90 Å². The summed E-state index contributed by atoms with van der Waals surface area (Å²) in [5.74, 6) is 0.779. The summed E-state index contributed by atoms with van der Waals surface area (Å²) in [4.78, 5) is 12.8. The number of rotatable bonds is 3. The molecule has 0 saturated heterocycles. The zero-order valence-electron chi connectivity index (χ0n) is 14.6. The Bertz CT molecular complexity index is 789. The second-order valence-corrected chi connectivity index (χ2v) is 6.54. The van der Waals surface area contributed by atoms with Gasteiger partial charge in [-0.05, 0) is 42.3 Å². The minimum absolute atomic E-state index is 0.0938. The third-order valence-corrected chi connectivity index (χ3v) is 5.06. The molecule has 0 radical (unpaired) electrons. The molecule has 2 atom stereocenters. The van der Waals surface area contributed by atoms with E-state index < -0.39 is 0 Å². The molecule has 2 aromatic carbocycles. The Kier molecular flexibility index (Phi) is 4.63. The number of nitro groups is 1. The molecule has 6 heteroatoms. The van der Waals surface area contributed by atoms with E-state index in [2.05, 4.69) is 18.9 Å². The molecule has 0 unspecified atom stereocenters. The van der Waals surface area contributed by atoms with Crippen molar-refractivity contribution in [3.63, 3.8) is 0 Å². The Morgan fingerprint density at radius 3 is 2.56 bits per heavy atom. The van der Waals surface area contributed by atoms with Gasteiger partial charge in [0.15, 0.2) is 11.5 Å². The second kappa shape index (κ2) is 6.72. The number of aromatic hydroxyl groups is 1. The first-order valence-corrected chi connectivity index (χ1v) is 8.26. The Labute approximate surface area is 146 Å². The Balaban J connectivity index is 2.03. The van der Waals surface area contributed by atoms with Gasteiger partial charge in [0.1, 0.15) is 0 Å². The molecule has 1 aliphatic heterocycles. The quantitative estimate of drug-likeness (QED) is 0.681. The van der Waals surface area contributed by atoms with Crippen LogP contribution in [0.1, 0.15) is 35.6 Å². The van der Waals surface area contributed by atoms with Crippen molar-refractivity contribution in [2.75, 3.05) is 20.7 Å². The number of hydrogen-bond donors (Lipinski definition) is 1. The van der Waals surface area contributed by atoms with Crippen LogP contribution in [0.3, 0.4) is 0 Å². The molecule has 1 N–H and O–H groups in total. The molecule has 6 nitrogen and oxygen atoms in total. The highest BCUT2D eigenvalue weighted by atomic mass is 16.6. The molecular weight excluding hydrogens is 320 g/mol. The third-order valence-electron chi connectivity index (χ3n) is 5.06. The van der Waals surface area contributed by atoms with Gasteiger partial charge in [-0.15, -0.1) is 0 Å². The van der Waals surface area contributed by atoms with Crippen molar-refractivity contribution >= 4 is 5.69 Å². The monoisotopic (exact) mass is 342 g/mol. The van der Waals surface area contributed by atoms with Crippen LogP contribution in [0.4, 0.5) is 5.69 Å². The highest BCUT2D eigenvalue weighted by Crippen LogP contribution is 2.42. The fourth-order valence-electron chi connectivity index (χ4n) is 3.76. The Morgan fingerprint density at radius 2 is 1.96 bits per heavy atom. The van der Waals surface area contributed by atoms with E-state index in [-0.39, 0.29) is 28.3 Å². The second-order valence-electron chi connectivity index (χ2n) is 6.54. The predicted octanol–water partition coefficient (Wildman–Crippen LogP) is 3.64. The normalized spacial score (nSPS) is 20.6. The van der Waals surface area contributed by atoms with E-state index in [0.717, 1.165) is 29.7 Å². The van der Waals surface area contributed by atoms with Crippen molar-refractivity contribution in [2.45, 2.75) is 25.3 Å². The van der Waals surface area contributed by atoms with Gasteiger partial charge in [-0.2, -0.15) is 0 Å². The smallest absolute Gasteiger partial charge is 0.269 e. The number of fused-ring (bicyclic) bond motifs is 1. The molecule has 1 heterocycles. The van der Waals surface area contributed by atoms with E-state index in [1.165, 1.54) is 0 Å². The van der Waals surface area contributed by atoms with Crippen molar-refractivity contribution in [3.05, 3.63) is 63.2 Å². The molecule has 0 aromatic heterocycles. The van der Waals surface area contributed by atoms with Gasteiger partial charge in [0.2, 0.25) is 0 Å². The number of methoxy groups -OCH3 is 1. The maximum absolute atomic E-state index is 10.9. The first-order chi connectivity index (χ1) is 11.9. The minimum atomic E-state index is -0.382. The van der Waals surface area contributed by atoms with Crippen molar-refractivity contribution in [2.24, 2.45) is 0 Å². The summed E-state index contributed by atoms with van der Waals surface area (Å²) in [5, 5.41) is 21.0. The molecule has 1 aliphatic rings. The standard InChI is InChI=1S/C19H22N2O4/c1-12-16-11-18(25-3)17(22)10-14(16)8-9-20(2)19(12)13-4-6-15(7-5-13)21(23)24/h4-7,10-12,19,22H,8-9H2,1-3H3/t12-,19+/m1/s1. The molecule has 132 valence electrons. The van der Waals surface area contributed by atoms with Crippen molar-refractivity contribution in [3.8, 4) is 11.5 Å². The molecule has 0 amide bonds. The number of non-ortho nitro benzene ring substituents is 1. The number of likely N-dealkylation sites (N-methyl/N-ethyl adjacent to an activating group) is 1. The van der Waals surface area contributed by atoms with Crippen LogP contribution in [0.2, 0.25) is 0 Å². The van der Waals surface area contributed by atoms with Gasteiger partial charge in [-0.1, -0.05) is 19.1 Å². The van der Waals surface area contributed by atoms with Crippen LogP contribution >= 0.6 is 0 Å². The molecule has 0 aliphatic carbocycles. The minimum Gasteiger partial charge on any atom is -0.504 e. The summed E-state index contributed by atoms with van der Waals surface area (Å²) in [6.45, 7) is 2.98. The van der Waals surface area contributed by atoms with Gasteiger partial charge < -0.3 is 9.84 Å². The van der Waals surface area contributed by atoms with Gasteiger partial charge in [0.25, 0.3) is 5.69 Å². The van der Waals surface area contributed by atoms with Crippen LogP contribution in [0.25, 0.3) is 0 Å². The fourth-order valence-corrected chi connectivity index (χ4v) is 3.76. The van der Waals surface area contributed by atoms with Crippen LogP contribution in [0, 0.1) is 10.1 Å². The van der Waals surface area contributed by atoms with Crippen LogP contribution < -0.4 is 4.74 Å². The molecule has 2 aromatic rings. The summed E-state index contributed by atoms with van der Waals surface area (Å²) in [6, 6.07) is 10.6. The van der Waals surface area contributed by atoms with Crippen molar-refractivity contribution in [1.29, 1.82) is 0 Å². The van der Waals surface area contributed by atoms with Gasteiger partial charge in [0.05, 0.1) is 12.0 Å². The van der Waals surface area contributed by atoms with E-state index in [1.54, 1.807) is 25.3 Å². The van der Waals surface area contributed by atoms with Gasteiger partial charge in [-0.25, -0.2) is 0 Å². The van der Waals surface area contributed by atoms with Gasteiger partial charge in [-0.3, -0.25) is 15.0 Å². The summed E-state index contributed by atoms with van der Waals surface area (Å²) in [6.07, 6.45) is 0.831. The summed E-state index contributed by atoms with van der Waals surface area (Å²) >= 11 is 0. The maximum atomic E-state index is 10.9. The lowest BCUT2D eigenvalue weighted by molar-refractivity contribution is -0.384. The van der Waals surface area contributed by atoms with E-state index in [9.17, 15) is 15.2 Å². The number of nitro benzene ring substituents is 1. The average molecular weight is 342 g/mol. The lowest BCUT2D eigenvalue weighted by atomic mass is 9.86. The summed E-state index contributed by atoms with van der Waals surface area (Å²) in [5.41, 5.74) is 3.39. The zero-order chi connectivity index (χ0) is 18.1. The van der Waals surface area contributed by atoms with Crippen LogP contribution in [-0.4, -0.2) is 35.6 Å². The highest BCUT2D eigenvalue weighted by molar-refractivity contribution is 5.49. The molecule has 3 rings (SSSR count). The lowest BCUT2D eigenvalue weighted by Gasteiger charge is -2.31. The van der Waals surface area contributed by atoms with Crippen LogP contribution in [-0.2, 0) is 6.42 Å². The van der Waals surface area contributed by atoms with Gasteiger partial charge in [0, 0.05) is 30.6 Å². The molecule has 0 saturated carbocycles. The summed E-state index contributed by atoms with van der Waals surface area (Å²) in [7, 11) is 3.61. The Hall–Kier alpha value is -2.60. The highest BCUT2D eigenvalue weighted by Gasteiger charge is 2.30.